The number of hydrogen-bond donors (Lipinski definition) is 0. The molecule has 0 aliphatic carbocycles. The molecule has 0 atom stereocenters. The summed E-state index contributed by atoms with van der Waals surface area (Å²) >= 11 is 1.53. The van der Waals surface area contributed by atoms with Crippen LogP contribution in [0.2, 0.25) is 6.04 Å². The number of carbonyl (C=O) groups is 1. The molecule has 0 spiro atoms. The zero-order chi connectivity index (χ0) is 17.4. The molecule has 6 heteroatoms. The molecule has 0 aromatic heterocycles. The van der Waals surface area contributed by atoms with Gasteiger partial charge in [0.25, 0.3) is 0 Å². The third-order valence-electron chi connectivity index (χ3n) is 3.44. The van der Waals surface area contributed by atoms with Crippen molar-refractivity contribution in [2.45, 2.75) is 78.7 Å². The maximum Gasteiger partial charge on any atom is 0.500 e. The van der Waals surface area contributed by atoms with E-state index in [1.165, 1.54) is 37.4 Å². The average molecular weight is 365 g/mol. The summed E-state index contributed by atoms with van der Waals surface area (Å²) in [6.45, 7) is 10.1. The van der Waals surface area contributed by atoms with Crippen molar-refractivity contribution in [3.05, 3.63) is 0 Å². The summed E-state index contributed by atoms with van der Waals surface area (Å²) in [7, 11) is -2.30. The van der Waals surface area contributed by atoms with Gasteiger partial charge in [0, 0.05) is 38.0 Å². The second-order valence-corrected chi connectivity index (χ2v) is 9.35. The fourth-order valence-corrected chi connectivity index (χ4v) is 5.95. The molecular formula is C17H36O4SSi. The van der Waals surface area contributed by atoms with Crippen molar-refractivity contribution in [2.75, 3.05) is 25.6 Å². The van der Waals surface area contributed by atoms with Gasteiger partial charge >= 0.3 is 8.80 Å². The number of hydrogen-bond acceptors (Lipinski definition) is 5. The third kappa shape index (κ3) is 12.2. The number of thioether (sulfide) groups is 1. The Morgan fingerprint density at radius 1 is 0.870 bits per heavy atom. The summed E-state index contributed by atoms with van der Waals surface area (Å²) in [5.41, 5.74) is 0. The Bertz CT molecular complexity index is 248. The molecule has 0 bridgehead atoms. The van der Waals surface area contributed by atoms with Gasteiger partial charge < -0.3 is 13.3 Å². The molecule has 1 saturated heterocycles. The highest BCUT2D eigenvalue weighted by atomic mass is 32.2. The Morgan fingerprint density at radius 3 is 1.91 bits per heavy atom. The second-order valence-electron chi connectivity index (χ2n) is 5.47. The molecule has 0 saturated carbocycles. The molecule has 1 aliphatic heterocycles. The third-order valence-corrected chi connectivity index (χ3v) is 7.75. The molecule has 0 aromatic carbocycles. The van der Waals surface area contributed by atoms with Gasteiger partial charge in [-0.15, -0.1) is 0 Å². The molecule has 138 valence electrons. The lowest BCUT2D eigenvalue weighted by Gasteiger charge is -2.27. The minimum atomic E-state index is -2.30. The zero-order valence-electron chi connectivity index (χ0n) is 15.5. The lowest BCUT2D eigenvalue weighted by molar-refractivity contribution is -0.111. The molecule has 4 nitrogen and oxygen atoms in total. The first-order chi connectivity index (χ1) is 11.1. The van der Waals surface area contributed by atoms with Crippen LogP contribution in [0.15, 0.2) is 0 Å². The van der Waals surface area contributed by atoms with E-state index in [4.69, 9.17) is 13.3 Å². The van der Waals surface area contributed by atoms with Gasteiger partial charge in [-0.3, -0.25) is 4.79 Å². The van der Waals surface area contributed by atoms with Crippen LogP contribution in [0.3, 0.4) is 0 Å². The first-order valence-corrected chi connectivity index (χ1v) is 12.1. The molecule has 1 heterocycles. The van der Waals surface area contributed by atoms with Gasteiger partial charge in [0.15, 0.2) is 5.12 Å². The first-order valence-electron chi connectivity index (χ1n) is 9.21. The number of carbonyl (C=O) groups excluding carboxylic acids is 1. The second kappa shape index (κ2) is 15.6. The number of rotatable bonds is 8. The van der Waals surface area contributed by atoms with E-state index in [9.17, 15) is 4.79 Å². The monoisotopic (exact) mass is 364 g/mol. The van der Waals surface area contributed by atoms with Crippen molar-refractivity contribution in [3.63, 3.8) is 0 Å². The lowest BCUT2D eigenvalue weighted by Crippen LogP contribution is -2.45. The van der Waals surface area contributed by atoms with Crippen molar-refractivity contribution in [2.24, 2.45) is 0 Å². The fraction of sp³-hybridized carbons (Fsp3) is 0.941. The smallest absolute Gasteiger partial charge is 0.374 e. The fourth-order valence-electron chi connectivity index (χ4n) is 2.47. The van der Waals surface area contributed by atoms with Crippen molar-refractivity contribution in [1.82, 2.24) is 0 Å². The Hall–Kier alpha value is 0.117. The van der Waals surface area contributed by atoms with Gasteiger partial charge in [-0.05, 0) is 33.6 Å². The van der Waals surface area contributed by atoms with Crippen molar-refractivity contribution in [3.8, 4) is 0 Å². The maximum absolute atomic E-state index is 11.0. The highest BCUT2D eigenvalue weighted by Gasteiger charge is 2.38. The minimum Gasteiger partial charge on any atom is -0.374 e. The highest BCUT2D eigenvalue weighted by Crippen LogP contribution is 2.18. The Kier molecular flexibility index (Phi) is 15.7. The summed E-state index contributed by atoms with van der Waals surface area (Å²) in [6.07, 6.45) is 8.11. The Balaban J connectivity index is 0.000000433. The molecule has 0 aromatic rings. The van der Waals surface area contributed by atoms with E-state index in [2.05, 4.69) is 6.92 Å². The van der Waals surface area contributed by atoms with Gasteiger partial charge in [0.05, 0.1) is 0 Å². The summed E-state index contributed by atoms with van der Waals surface area (Å²) < 4.78 is 16.9. The molecular weight excluding hydrogens is 328 g/mol. The van der Waals surface area contributed by atoms with Gasteiger partial charge in [0.1, 0.15) is 0 Å². The molecule has 0 unspecified atom stereocenters. The van der Waals surface area contributed by atoms with Crippen LogP contribution in [0.5, 0.6) is 0 Å². The zero-order valence-corrected chi connectivity index (χ0v) is 17.3. The van der Waals surface area contributed by atoms with Crippen LogP contribution in [0, 0.1) is 0 Å². The summed E-state index contributed by atoms with van der Waals surface area (Å²) in [4.78, 5) is 11.0. The van der Waals surface area contributed by atoms with Crippen LogP contribution in [0.25, 0.3) is 0 Å². The Morgan fingerprint density at radius 2 is 1.39 bits per heavy atom. The van der Waals surface area contributed by atoms with Gasteiger partial charge in [-0.1, -0.05) is 44.4 Å². The summed E-state index contributed by atoms with van der Waals surface area (Å²) in [5.74, 6) is 1.05. The largest absolute Gasteiger partial charge is 0.500 e. The van der Waals surface area contributed by atoms with E-state index in [0.29, 0.717) is 24.9 Å². The molecule has 23 heavy (non-hydrogen) atoms. The van der Waals surface area contributed by atoms with E-state index in [1.807, 2.05) is 20.8 Å². The highest BCUT2D eigenvalue weighted by molar-refractivity contribution is 8.13. The molecule has 0 N–H and O–H groups in total. The van der Waals surface area contributed by atoms with Gasteiger partial charge in [-0.25, -0.2) is 0 Å². The van der Waals surface area contributed by atoms with Crippen molar-refractivity contribution < 1.29 is 18.1 Å². The summed E-state index contributed by atoms with van der Waals surface area (Å²) in [6, 6.07) is 0.919. The van der Waals surface area contributed by atoms with Crippen LogP contribution in [0.4, 0.5) is 0 Å². The van der Waals surface area contributed by atoms with Crippen molar-refractivity contribution >= 4 is 25.7 Å². The normalized spacial score (nSPS) is 16.8. The quantitative estimate of drug-likeness (QED) is 0.564. The first kappa shape index (κ1) is 23.1. The van der Waals surface area contributed by atoms with E-state index in [0.717, 1.165) is 31.1 Å². The van der Waals surface area contributed by atoms with Crippen LogP contribution >= 0.6 is 11.8 Å². The van der Waals surface area contributed by atoms with E-state index >= 15 is 0 Å². The summed E-state index contributed by atoms with van der Waals surface area (Å²) in [5, 5.41) is 0.405. The van der Waals surface area contributed by atoms with Gasteiger partial charge in [0.2, 0.25) is 0 Å². The molecule has 1 aliphatic rings. The van der Waals surface area contributed by atoms with Crippen LogP contribution in [-0.4, -0.2) is 39.5 Å². The average Bonchev–Trinajstić information content (AvgIpc) is 2.63. The standard InChI is InChI=1S/C9H22O3Si.C8H14OS/c1-5-9-13(10-6-2,11-7-3)12-8-4;9-8-6-4-2-1-3-5-7-10-8/h5-9H2,1-4H3;1-7H2. The maximum atomic E-state index is 11.0. The Labute approximate surface area is 148 Å². The van der Waals surface area contributed by atoms with E-state index in [1.54, 1.807) is 0 Å². The minimum absolute atomic E-state index is 0.405. The SMILES string of the molecule is CCC[Si](OCC)(OCC)OCC.O=C1CCCCCCCS1. The predicted molar refractivity (Wildman–Crippen MR) is 101 cm³/mol. The molecule has 0 amide bonds. The van der Waals surface area contributed by atoms with Crippen LogP contribution in [0.1, 0.15) is 72.6 Å². The molecule has 1 fully saturated rings. The molecule has 0 radical (unpaired) electrons. The van der Waals surface area contributed by atoms with Crippen LogP contribution < -0.4 is 0 Å². The topological polar surface area (TPSA) is 44.8 Å². The molecule has 1 rings (SSSR count). The van der Waals surface area contributed by atoms with Crippen LogP contribution in [-0.2, 0) is 18.1 Å². The van der Waals surface area contributed by atoms with E-state index < -0.39 is 8.80 Å². The predicted octanol–water partition coefficient (Wildman–Crippen LogP) is 5.05. The lowest BCUT2D eigenvalue weighted by atomic mass is 10.1. The van der Waals surface area contributed by atoms with Gasteiger partial charge in [-0.2, -0.15) is 0 Å². The van der Waals surface area contributed by atoms with Crippen molar-refractivity contribution in [1.29, 1.82) is 0 Å². The van der Waals surface area contributed by atoms with E-state index in [-0.39, 0.29) is 0 Å².